The minimum atomic E-state index is -3.82. The molecule has 0 radical (unpaired) electrons. The number of benzene rings is 2. The van der Waals surface area contributed by atoms with Gasteiger partial charge in [0.15, 0.2) is 9.84 Å². The molecule has 1 aliphatic rings. The van der Waals surface area contributed by atoms with Gasteiger partial charge in [0, 0.05) is 13.0 Å². The highest BCUT2D eigenvalue weighted by atomic mass is 32.2. The standard InChI is InChI=1S/C19H20O5S/c1-13-8-10-15(11-9-13)25(22,23)17-16(14-6-4-3-5-7-14)19(17,12-24-2)18(20)21/h3-11,16-17H,12H2,1-2H3,(H,20,21)/t16-,17+,19+/m1/s1. The van der Waals surface area contributed by atoms with Gasteiger partial charge in [-0.25, -0.2) is 8.42 Å². The highest BCUT2D eigenvalue weighted by Crippen LogP contribution is 2.64. The molecule has 1 saturated carbocycles. The summed E-state index contributed by atoms with van der Waals surface area (Å²) in [7, 11) is -2.43. The molecule has 6 heteroatoms. The second-order valence-electron chi connectivity index (χ2n) is 6.45. The Kier molecular flexibility index (Phi) is 4.43. The van der Waals surface area contributed by atoms with Gasteiger partial charge in [-0.05, 0) is 24.6 Å². The van der Waals surface area contributed by atoms with Crippen LogP contribution in [0, 0.1) is 12.3 Å². The summed E-state index contributed by atoms with van der Waals surface area (Å²) in [6.07, 6.45) is 0. The largest absolute Gasteiger partial charge is 0.481 e. The molecule has 1 N–H and O–H groups in total. The molecule has 0 bridgehead atoms. The van der Waals surface area contributed by atoms with Crippen molar-refractivity contribution in [2.45, 2.75) is 23.0 Å². The van der Waals surface area contributed by atoms with Gasteiger partial charge in [-0.1, -0.05) is 48.0 Å². The van der Waals surface area contributed by atoms with Crippen LogP contribution in [0.3, 0.4) is 0 Å². The van der Waals surface area contributed by atoms with Crippen molar-refractivity contribution in [1.29, 1.82) is 0 Å². The third kappa shape index (κ3) is 2.75. The van der Waals surface area contributed by atoms with Crippen molar-refractivity contribution in [1.82, 2.24) is 0 Å². The van der Waals surface area contributed by atoms with Gasteiger partial charge < -0.3 is 9.84 Å². The van der Waals surface area contributed by atoms with Crippen LogP contribution in [-0.4, -0.2) is 38.5 Å². The molecule has 1 aliphatic carbocycles. The Hall–Kier alpha value is -2.18. The lowest BCUT2D eigenvalue weighted by molar-refractivity contribution is -0.145. The molecule has 0 aromatic heterocycles. The number of carbonyl (C=O) groups is 1. The monoisotopic (exact) mass is 360 g/mol. The number of sulfone groups is 1. The van der Waals surface area contributed by atoms with Crippen LogP contribution in [0.4, 0.5) is 0 Å². The van der Waals surface area contributed by atoms with E-state index in [1.165, 1.54) is 19.2 Å². The molecular formula is C19H20O5S. The summed E-state index contributed by atoms with van der Waals surface area (Å²) in [4.78, 5) is 12.2. The summed E-state index contributed by atoms with van der Waals surface area (Å²) in [5, 5.41) is 8.79. The summed E-state index contributed by atoms with van der Waals surface area (Å²) in [5.41, 5.74) is 0.165. The number of hydrogen-bond acceptors (Lipinski definition) is 4. The van der Waals surface area contributed by atoms with Crippen molar-refractivity contribution in [3.05, 3.63) is 65.7 Å². The van der Waals surface area contributed by atoms with Crippen molar-refractivity contribution in [2.24, 2.45) is 5.41 Å². The second-order valence-corrected chi connectivity index (χ2v) is 8.51. The minimum Gasteiger partial charge on any atom is -0.481 e. The molecule has 0 heterocycles. The summed E-state index contributed by atoms with van der Waals surface area (Å²) < 4.78 is 31.4. The highest BCUT2D eigenvalue weighted by Gasteiger charge is 2.76. The maximum atomic E-state index is 13.2. The van der Waals surface area contributed by atoms with E-state index in [4.69, 9.17) is 4.74 Å². The quantitative estimate of drug-likeness (QED) is 0.856. The Bertz CT molecular complexity index is 874. The van der Waals surface area contributed by atoms with Crippen LogP contribution < -0.4 is 0 Å². The van der Waals surface area contributed by atoms with E-state index in [1.807, 2.05) is 13.0 Å². The van der Waals surface area contributed by atoms with Gasteiger partial charge in [0.2, 0.25) is 0 Å². The predicted octanol–water partition coefficient (Wildman–Crippen LogP) is 2.65. The van der Waals surface area contributed by atoms with E-state index in [2.05, 4.69) is 0 Å². The van der Waals surface area contributed by atoms with E-state index in [0.29, 0.717) is 5.56 Å². The summed E-state index contributed by atoms with van der Waals surface area (Å²) >= 11 is 0. The Morgan fingerprint density at radius 2 is 1.72 bits per heavy atom. The first-order chi connectivity index (χ1) is 11.9. The van der Waals surface area contributed by atoms with Gasteiger partial charge in [-0.15, -0.1) is 0 Å². The molecule has 132 valence electrons. The van der Waals surface area contributed by atoms with E-state index >= 15 is 0 Å². The molecule has 0 amide bonds. The Labute approximate surface area is 147 Å². The lowest BCUT2D eigenvalue weighted by atomic mass is 10.0. The summed E-state index contributed by atoms with van der Waals surface area (Å²) in [6.45, 7) is 1.71. The van der Waals surface area contributed by atoms with Crippen molar-refractivity contribution >= 4 is 15.8 Å². The molecule has 0 spiro atoms. The fourth-order valence-corrected chi connectivity index (χ4v) is 5.95. The van der Waals surface area contributed by atoms with E-state index < -0.39 is 32.4 Å². The average molecular weight is 360 g/mol. The van der Waals surface area contributed by atoms with Crippen LogP contribution in [0.15, 0.2) is 59.5 Å². The molecule has 0 aliphatic heterocycles. The lowest BCUT2D eigenvalue weighted by Gasteiger charge is -2.12. The number of methoxy groups -OCH3 is 1. The number of aryl methyl sites for hydroxylation is 1. The number of ether oxygens (including phenoxy) is 1. The van der Waals surface area contributed by atoms with Crippen LogP contribution in [0.25, 0.3) is 0 Å². The Morgan fingerprint density at radius 3 is 2.24 bits per heavy atom. The molecule has 3 rings (SSSR count). The van der Waals surface area contributed by atoms with Gasteiger partial charge >= 0.3 is 5.97 Å². The highest BCUT2D eigenvalue weighted by molar-refractivity contribution is 7.92. The van der Waals surface area contributed by atoms with Gasteiger partial charge in [0.1, 0.15) is 5.41 Å². The molecule has 3 atom stereocenters. The summed E-state index contributed by atoms with van der Waals surface area (Å²) in [6, 6.07) is 15.4. The first kappa shape index (κ1) is 17.6. The topological polar surface area (TPSA) is 80.7 Å². The van der Waals surface area contributed by atoms with Gasteiger partial charge in [-0.2, -0.15) is 0 Å². The predicted molar refractivity (Wildman–Crippen MR) is 93.3 cm³/mol. The zero-order valence-corrected chi connectivity index (χ0v) is 14.9. The molecule has 0 unspecified atom stereocenters. The molecule has 25 heavy (non-hydrogen) atoms. The zero-order chi connectivity index (χ0) is 18.2. The van der Waals surface area contributed by atoms with Crippen molar-refractivity contribution in [2.75, 3.05) is 13.7 Å². The fourth-order valence-electron chi connectivity index (χ4n) is 3.60. The van der Waals surface area contributed by atoms with Crippen molar-refractivity contribution in [3.63, 3.8) is 0 Å². The average Bonchev–Trinajstić information content (AvgIpc) is 3.27. The first-order valence-electron chi connectivity index (χ1n) is 7.93. The van der Waals surface area contributed by atoms with Crippen molar-refractivity contribution < 1.29 is 23.1 Å². The minimum absolute atomic E-state index is 0.142. The van der Waals surface area contributed by atoms with Crippen LogP contribution in [0.1, 0.15) is 17.0 Å². The van der Waals surface area contributed by atoms with E-state index in [1.54, 1.807) is 36.4 Å². The molecule has 5 nitrogen and oxygen atoms in total. The van der Waals surface area contributed by atoms with E-state index in [0.717, 1.165) is 5.56 Å². The SMILES string of the molecule is COC[C@]1(C(=O)O)[C@H](c2ccccc2)[C@@H]1S(=O)(=O)c1ccc(C)cc1. The number of hydrogen-bond donors (Lipinski definition) is 1. The molecule has 0 saturated heterocycles. The normalized spacial score (nSPS) is 25.5. The maximum absolute atomic E-state index is 13.2. The first-order valence-corrected chi connectivity index (χ1v) is 9.48. The molecule has 2 aromatic carbocycles. The van der Waals surface area contributed by atoms with E-state index in [-0.39, 0.29) is 11.5 Å². The number of carboxylic acid groups (broad SMARTS) is 1. The zero-order valence-electron chi connectivity index (χ0n) is 14.0. The molecule has 2 aromatic rings. The fraction of sp³-hybridized carbons (Fsp3) is 0.316. The van der Waals surface area contributed by atoms with Crippen LogP contribution in [0.5, 0.6) is 0 Å². The summed E-state index contributed by atoms with van der Waals surface area (Å²) in [5.74, 6) is -1.79. The van der Waals surface area contributed by atoms with Crippen LogP contribution in [0.2, 0.25) is 0 Å². The van der Waals surface area contributed by atoms with Gasteiger partial charge in [-0.3, -0.25) is 4.79 Å². The van der Waals surface area contributed by atoms with E-state index in [9.17, 15) is 18.3 Å². The van der Waals surface area contributed by atoms with Crippen LogP contribution in [-0.2, 0) is 19.4 Å². The van der Waals surface area contributed by atoms with Gasteiger partial charge in [0.25, 0.3) is 0 Å². The Morgan fingerprint density at radius 1 is 1.12 bits per heavy atom. The lowest BCUT2D eigenvalue weighted by Crippen LogP contribution is -2.28. The van der Waals surface area contributed by atoms with Crippen LogP contribution >= 0.6 is 0 Å². The maximum Gasteiger partial charge on any atom is 0.314 e. The van der Waals surface area contributed by atoms with Gasteiger partial charge in [0.05, 0.1) is 16.8 Å². The molecule has 1 fully saturated rings. The Balaban J connectivity index is 2.11. The molecular weight excluding hydrogens is 340 g/mol. The third-order valence-corrected chi connectivity index (χ3v) is 7.17. The van der Waals surface area contributed by atoms with Crippen molar-refractivity contribution in [3.8, 4) is 0 Å². The number of carboxylic acids is 1. The number of rotatable bonds is 6. The third-order valence-electron chi connectivity index (χ3n) is 4.88. The number of aliphatic carboxylic acids is 1. The smallest absolute Gasteiger partial charge is 0.314 e. The second kappa shape index (κ2) is 6.28.